The van der Waals surface area contributed by atoms with Gasteiger partial charge in [-0.3, -0.25) is 0 Å². The summed E-state index contributed by atoms with van der Waals surface area (Å²) in [5, 5.41) is 6.06. The van der Waals surface area contributed by atoms with Gasteiger partial charge >= 0.3 is 0 Å². The van der Waals surface area contributed by atoms with E-state index in [-0.39, 0.29) is 5.82 Å². The van der Waals surface area contributed by atoms with Crippen molar-refractivity contribution in [1.82, 2.24) is 0 Å². The molecule has 0 amide bonds. The summed E-state index contributed by atoms with van der Waals surface area (Å²) < 4.78 is 19.3. The zero-order valence-electron chi connectivity index (χ0n) is 15.3. The molecule has 4 N–H and O–H groups in total. The first-order valence-electron chi connectivity index (χ1n) is 8.49. The van der Waals surface area contributed by atoms with E-state index in [1.807, 2.05) is 42.5 Å². The zero-order chi connectivity index (χ0) is 19.4. The summed E-state index contributed by atoms with van der Waals surface area (Å²) in [6, 6.07) is 18.2. The molecule has 0 aliphatic rings. The van der Waals surface area contributed by atoms with Crippen LogP contribution in [0.2, 0.25) is 0 Å². The van der Waals surface area contributed by atoms with E-state index in [4.69, 9.17) is 10.5 Å². The van der Waals surface area contributed by atoms with Crippen LogP contribution in [0, 0.1) is 5.82 Å². The van der Waals surface area contributed by atoms with Crippen LogP contribution in [0.4, 0.5) is 21.5 Å². The lowest BCUT2D eigenvalue weighted by molar-refractivity contribution is 0.415. The van der Waals surface area contributed by atoms with Crippen LogP contribution in [-0.4, -0.2) is 14.2 Å². The van der Waals surface area contributed by atoms with Gasteiger partial charge in [0, 0.05) is 12.7 Å². The molecule has 4 nitrogen and oxygen atoms in total. The van der Waals surface area contributed by atoms with Crippen molar-refractivity contribution in [1.29, 1.82) is 0 Å². The van der Waals surface area contributed by atoms with Gasteiger partial charge in [0.25, 0.3) is 0 Å². The summed E-state index contributed by atoms with van der Waals surface area (Å²) in [5.74, 6) is 0.476. The number of nitrogens with one attached hydrogen (secondary N) is 2. The molecule has 0 unspecified atom stereocenters. The number of halogens is 1. The molecule has 0 atom stereocenters. The van der Waals surface area contributed by atoms with Gasteiger partial charge in [0.05, 0.1) is 24.2 Å². The van der Waals surface area contributed by atoms with Crippen molar-refractivity contribution in [3.8, 4) is 16.9 Å². The van der Waals surface area contributed by atoms with Crippen molar-refractivity contribution in [2.24, 2.45) is 0 Å². The third-order valence-corrected chi connectivity index (χ3v) is 4.35. The SMILES string of the molecule is C=C(Nc1cc(-c2ccc(NC)c(F)c2)ccc1N)c1ccc(OC)cc1. The molecule has 138 valence electrons. The zero-order valence-corrected chi connectivity index (χ0v) is 15.3. The predicted octanol–water partition coefficient (Wildman–Crippen LogP) is 5.21. The maximum Gasteiger partial charge on any atom is 0.146 e. The van der Waals surface area contributed by atoms with E-state index >= 15 is 0 Å². The van der Waals surface area contributed by atoms with Crippen molar-refractivity contribution in [2.75, 3.05) is 30.5 Å². The lowest BCUT2D eigenvalue weighted by atomic mass is 10.0. The summed E-state index contributed by atoms with van der Waals surface area (Å²) in [4.78, 5) is 0. The summed E-state index contributed by atoms with van der Waals surface area (Å²) in [5.41, 5.74) is 11.1. The van der Waals surface area contributed by atoms with Crippen molar-refractivity contribution >= 4 is 22.8 Å². The third-order valence-electron chi connectivity index (χ3n) is 4.35. The molecule has 27 heavy (non-hydrogen) atoms. The number of methoxy groups -OCH3 is 1. The number of nitrogens with two attached hydrogens (primary N) is 1. The van der Waals surface area contributed by atoms with E-state index in [2.05, 4.69) is 17.2 Å². The summed E-state index contributed by atoms with van der Waals surface area (Å²) in [6.45, 7) is 4.08. The van der Waals surface area contributed by atoms with Crippen molar-refractivity contribution in [2.45, 2.75) is 0 Å². The molecule has 0 heterocycles. The minimum absolute atomic E-state index is 0.302. The van der Waals surface area contributed by atoms with Crippen LogP contribution in [0.5, 0.6) is 5.75 Å². The molecule has 0 spiro atoms. The van der Waals surface area contributed by atoms with Gasteiger partial charge in [-0.05, 0) is 65.2 Å². The van der Waals surface area contributed by atoms with Gasteiger partial charge in [-0.1, -0.05) is 18.7 Å². The molecular formula is C22H22FN3O. The van der Waals surface area contributed by atoms with Crippen LogP contribution in [0.3, 0.4) is 0 Å². The molecule has 3 aromatic carbocycles. The maximum absolute atomic E-state index is 14.1. The monoisotopic (exact) mass is 363 g/mol. The van der Waals surface area contributed by atoms with Crippen LogP contribution in [-0.2, 0) is 0 Å². The average molecular weight is 363 g/mol. The average Bonchev–Trinajstić information content (AvgIpc) is 2.69. The first-order chi connectivity index (χ1) is 13.0. The second kappa shape index (κ2) is 7.83. The molecule has 0 saturated carbocycles. The molecule has 0 radical (unpaired) electrons. The van der Waals surface area contributed by atoms with Gasteiger partial charge in [-0.15, -0.1) is 0 Å². The Morgan fingerprint density at radius 1 is 0.963 bits per heavy atom. The van der Waals surface area contributed by atoms with Crippen LogP contribution < -0.4 is 21.1 Å². The Kier molecular flexibility index (Phi) is 5.31. The molecule has 0 aliphatic heterocycles. The number of ether oxygens (including phenoxy) is 1. The van der Waals surface area contributed by atoms with Crippen molar-refractivity contribution in [3.63, 3.8) is 0 Å². The van der Waals surface area contributed by atoms with Gasteiger partial charge in [-0.25, -0.2) is 4.39 Å². The van der Waals surface area contributed by atoms with Crippen LogP contribution in [0.15, 0.2) is 67.2 Å². The Morgan fingerprint density at radius 3 is 2.26 bits per heavy atom. The van der Waals surface area contributed by atoms with Crippen molar-refractivity contribution < 1.29 is 9.13 Å². The number of hydrogen-bond donors (Lipinski definition) is 3. The molecule has 3 rings (SSSR count). The second-order valence-electron chi connectivity index (χ2n) is 6.08. The molecule has 0 bridgehead atoms. The first kappa shape index (κ1) is 18.3. The lowest BCUT2D eigenvalue weighted by Gasteiger charge is -2.14. The summed E-state index contributed by atoms with van der Waals surface area (Å²) >= 11 is 0. The Bertz CT molecular complexity index is 968. The Morgan fingerprint density at radius 2 is 1.63 bits per heavy atom. The van der Waals surface area contributed by atoms with Gasteiger partial charge in [0.2, 0.25) is 0 Å². The Hall–Kier alpha value is -3.47. The van der Waals surface area contributed by atoms with E-state index in [1.54, 1.807) is 26.3 Å². The van der Waals surface area contributed by atoms with E-state index < -0.39 is 0 Å². The van der Waals surface area contributed by atoms with Gasteiger partial charge in [-0.2, -0.15) is 0 Å². The van der Waals surface area contributed by atoms with Gasteiger partial charge < -0.3 is 21.1 Å². The Labute approximate surface area is 158 Å². The molecule has 0 fully saturated rings. The fourth-order valence-electron chi connectivity index (χ4n) is 2.77. The van der Waals surface area contributed by atoms with Crippen molar-refractivity contribution in [3.05, 3.63) is 78.6 Å². The minimum Gasteiger partial charge on any atom is -0.497 e. The molecule has 0 aliphatic carbocycles. The highest BCUT2D eigenvalue weighted by molar-refractivity contribution is 5.84. The fourth-order valence-corrected chi connectivity index (χ4v) is 2.77. The van der Waals surface area contributed by atoms with Crippen LogP contribution in [0.1, 0.15) is 5.56 Å². The highest BCUT2D eigenvalue weighted by atomic mass is 19.1. The topological polar surface area (TPSA) is 59.3 Å². The number of nitrogen functional groups attached to an aromatic ring is 1. The fraction of sp³-hybridized carbons (Fsp3) is 0.0909. The third kappa shape index (κ3) is 4.03. The number of benzene rings is 3. The van der Waals surface area contributed by atoms with Gasteiger partial charge in [0.1, 0.15) is 11.6 Å². The molecule has 0 saturated heterocycles. The second-order valence-corrected chi connectivity index (χ2v) is 6.08. The highest BCUT2D eigenvalue weighted by Gasteiger charge is 2.08. The smallest absolute Gasteiger partial charge is 0.146 e. The quantitative estimate of drug-likeness (QED) is 0.526. The number of anilines is 3. The predicted molar refractivity (Wildman–Crippen MR) is 111 cm³/mol. The molecular weight excluding hydrogens is 341 g/mol. The summed E-state index contributed by atoms with van der Waals surface area (Å²) in [6.07, 6.45) is 0. The highest BCUT2D eigenvalue weighted by Crippen LogP contribution is 2.31. The molecule has 5 heteroatoms. The van der Waals surface area contributed by atoms with E-state index in [1.165, 1.54) is 6.07 Å². The van der Waals surface area contributed by atoms with Crippen LogP contribution >= 0.6 is 0 Å². The molecule has 0 aromatic heterocycles. The van der Waals surface area contributed by atoms with Crippen LogP contribution in [0.25, 0.3) is 16.8 Å². The van der Waals surface area contributed by atoms with E-state index in [9.17, 15) is 4.39 Å². The Balaban J connectivity index is 1.86. The lowest BCUT2D eigenvalue weighted by Crippen LogP contribution is -2.01. The molecule has 3 aromatic rings. The minimum atomic E-state index is -0.302. The normalized spacial score (nSPS) is 10.3. The van der Waals surface area contributed by atoms with Gasteiger partial charge in [0.15, 0.2) is 0 Å². The standard InChI is InChI=1S/C22H22FN3O/c1-14(15-4-8-18(27-3)9-5-15)26-22-13-17(6-10-20(22)24)16-7-11-21(25-2)19(23)12-16/h4-13,25-26H,1,24H2,2-3H3. The van der Waals surface area contributed by atoms with E-state index in [0.717, 1.165) is 22.4 Å². The number of hydrogen-bond acceptors (Lipinski definition) is 4. The summed E-state index contributed by atoms with van der Waals surface area (Å²) in [7, 11) is 3.31. The first-order valence-corrected chi connectivity index (χ1v) is 8.49. The number of rotatable bonds is 6. The maximum atomic E-state index is 14.1. The van der Waals surface area contributed by atoms with E-state index in [0.29, 0.717) is 22.8 Å². The largest absolute Gasteiger partial charge is 0.497 e.